The summed E-state index contributed by atoms with van der Waals surface area (Å²) in [5, 5.41) is 5.74. The molecule has 5 N–H and O–H groups in total. The number of morpholine rings is 1. The largest absolute Gasteiger partial charge is 0.378 e. The Morgan fingerprint density at radius 3 is 2.74 bits per heavy atom. The van der Waals surface area contributed by atoms with E-state index in [2.05, 4.69) is 30.6 Å². The smallest absolute Gasteiger partial charge is 0.344 e. The Kier molecular flexibility index (Phi) is 7.50. The molecule has 1 aromatic carbocycles. The standard InChI is InChI=1S/C22H27N9O2S/c1-30(13-18-14-34-22(28-18)31-5-7-33-8-6-31)20-25-11-17(12-26-20)16-4-2-3-15(9-16)10-27-21(32)29-19(23)24/h2-4,9,11-12,14H,5-8,10,13H2,1H3,(H5,23,24,27,29,32). The summed E-state index contributed by atoms with van der Waals surface area (Å²) in [6.45, 7) is 4.14. The lowest BCUT2D eigenvalue weighted by Gasteiger charge is -2.26. The molecule has 0 bridgehead atoms. The summed E-state index contributed by atoms with van der Waals surface area (Å²) >= 11 is 1.65. The lowest BCUT2D eigenvalue weighted by molar-refractivity contribution is 0.122. The van der Waals surface area contributed by atoms with Gasteiger partial charge in [-0.15, -0.1) is 11.3 Å². The fraction of sp³-hybridized carbons (Fsp3) is 0.318. The van der Waals surface area contributed by atoms with Crippen LogP contribution in [0.25, 0.3) is 11.1 Å². The number of thiazole rings is 1. The van der Waals surface area contributed by atoms with Crippen LogP contribution in [0.1, 0.15) is 11.3 Å². The van der Waals surface area contributed by atoms with E-state index in [1.54, 1.807) is 23.7 Å². The number of aromatic nitrogens is 3. The molecule has 178 valence electrons. The first kappa shape index (κ1) is 23.4. The fourth-order valence-electron chi connectivity index (χ4n) is 3.45. The van der Waals surface area contributed by atoms with Gasteiger partial charge in [-0.25, -0.2) is 19.7 Å². The maximum absolute atomic E-state index is 11.6. The van der Waals surface area contributed by atoms with Crippen molar-refractivity contribution in [2.45, 2.75) is 13.1 Å². The number of carbonyl (C=O) groups is 1. The van der Waals surface area contributed by atoms with Crippen molar-refractivity contribution in [2.24, 2.45) is 16.5 Å². The molecule has 1 aliphatic heterocycles. The van der Waals surface area contributed by atoms with E-state index in [4.69, 9.17) is 21.2 Å². The number of nitrogens with one attached hydrogen (secondary N) is 1. The van der Waals surface area contributed by atoms with Crippen molar-refractivity contribution >= 4 is 34.4 Å². The van der Waals surface area contributed by atoms with Crippen LogP contribution in [0.2, 0.25) is 0 Å². The normalized spacial score (nSPS) is 13.4. The van der Waals surface area contributed by atoms with Crippen LogP contribution in [-0.4, -0.2) is 60.3 Å². The van der Waals surface area contributed by atoms with Crippen molar-refractivity contribution in [1.82, 2.24) is 20.3 Å². The van der Waals surface area contributed by atoms with E-state index in [0.717, 1.165) is 53.8 Å². The van der Waals surface area contributed by atoms with Crippen LogP contribution in [0.5, 0.6) is 0 Å². The van der Waals surface area contributed by atoms with E-state index in [1.165, 1.54) is 0 Å². The molecule has 2 amide bonds. The highest BCUT2D eigenvalue weighted by Gasteiger charge is 2.16. The number of rotatable bonds is 7. The van der Waals surface area contributed by atoms with Crippen LogP contribution < -0.4 is 26.6 Å². The second-order valence-corrected chi connectivity index (χ2v) is 8.58. The molecular formula is C22H27N9O2S. The monoisotopic (exact) mass is 481 g/mol. The third-order valence-corrected chi connectivity index (χ3v) is 6.08. The van der Waals surface area contributed by atoms with Gasteiger partial charge < -0.3 is 31.3 Å². The van der Waals surface area contributed by atoms with E-state index in [0.29, 0.717) is 19.0 Å². The fourth-order valence-corrected chi connectivity index (χ4v) is 4.32. The number of nitrogens with zero attached hydrogens (tertiary/aromatic N) is 6. The predicted molar refractivity (Wildman–Crippen MR) is 133 cm³/mol. The maximum atomic E-state index is 11.6. The van der Waals surface area contributed by atoms with Gasteiger partial charge in [0, 0.05) is 50.0 Å². The first-order chi connectivity index (χ1) is 16.5. The Balaban J connectivity index is 1.37. The molecule has 34 heavy (non-hydrogen) atoms. The zero-order valence-electron chi connectivity index (χ0n) is 18.8. The summed E-state index contributed by atoms with van der Waals surface area (Å²) in [4.78, 5) is 33.1. The first-order valence-corrected chi connectivity index (χ1v) is 11.6. The molecular weight excluding hydrogens is 454 g/mol. The molecule has 0 spiro atoms. The highest BCUT2D eigenvalue weighted by molar-refractivity contribution is 7.13. The molecule has 3 heterocycles. The van der Waals surface area contributed by atoms with Crippen molar-refractivity contribution < 1.29 is 9.53 Å². The summed E-state index contributed by atoms with van der Waals surface area (Å²) in [5.41, 5.74) is 14.1. The van der Waals surface area contributed by atoms with E-state index in [1.807, 2.05) is 36.2 Å². The minimum absolute atomic E-state index is 0.277. The van der Waals surface area contributed by atoms with Crippen LogP contribution in [-0.2, 0) is 17.8 Å². The molecule has 1 fully saturated rings. The SMILES string of the molecule is CN(Cc1csc(N2CCOCC2)n1)c1ncc(-c2cccc(CNC(=O)N=C(N)N)c2)cn1. The topological polar surface area (TPSA) is 148 Å². The molecule has 2 aromatic heterocycles. The molecule has 12 heteroatoms. The third-order valence-electron chi connectivity index (χ3n) is 5.13. The van der Waals surface area contributed by atoms with Gasteiger partial charge in [-0.2, -0.15) is 4.99 Å². The molecule has 11 nitrogen and oxygen atoms in total. The lowest BCUT2D eigenvalue weighted by atomic mass is 10.1. The number of nitrogens with two attached hydrogens (primary N) is 2. The Morgan fingerprint density at radius 2 is 2.00 bits per heavy atom. The van der Waals surface area contributed by atoms with Crippen LogP contribution in [0.4, 0.5) is 15.9 Å². The van der Waals surface area contributed by atoms with Crippen LogP contribution in [0, 0.1) is 0 Å². The Labute approximate surface area is 201 Å². The van der Waals surface area contributed by atoms with Crippen molar-refractivity contribution in [3.8, 4) is 11.1 Å². The summed E-state index contributed by atoms with van der Waals surface area (Å²) in [7, 11) is 1.95. The van der Waals surface area contributed by atoms with Gasteiger partial charge in [-0.1, -0.05) is 18.2 Å². The minimum atomic E-state index is -0.585. The molecule has 0 atom stereocenters. The Hall–Kier alpha value is -3.77. The second-order valence-electron chi connectivity index (χ2n) is 7.74. The number of urea groups is 1. The number of aliphatic imine (C=N–C) groups is 1. The molecule has 3 aromatic rings. The number of hydrogen-bond acceptors (Lipinski definition) is 8. The average Bonchev–Trinajstić information content (AvgIpc) is 3.32. The highest BCUT2D eigenvalue weighted by atomic mass is 32.1. The number of amides is 2. The van der Waals surface area contributed by atoms with Gasteiger partial charge in [0.05, 0.1) is 25.5 Å². The number of benzene rings is 1. The van der Waals surface area contributed by atoms with Crippen molar-refractivity contribution in [2.75, 3.05) is 43.2 Å². The lowest BCUT2D eigenvalue weighted by Crippen LogP contribution is -2.36. The van der Waals surface area contributed by atoms with E-state index in [9.17, 15) is 4.79 Å². The molecule has 4 rings (SSSR count). The van der Waals surface area contributed by atoms with Gasteiger partial charge in [-0.3, -0.25) is 0 Å². The van der Waals surface area contributed by atoms with Crippen LogP contribution in [0.15, 0.2) is 47.0 Å². The Morgan fingerprint density at radius 1 is 1.24 bits per heavy atom. The molecule has 1 saturated heterocycles. The summed E-state index contributed by atoms with van der Waals surface area (Å²) in [5.74, 6) is 0.339. The van der Waals surface area contributed by atoms with Crippen LogP contribution >= 0.6 is 11.3 Å². The van der Waals surface area contributed by atoms with Gasteiger partial charge >= 0.3 is 6.03 Å². The number of hydrogen-bond donors (Lipinski definition) is 3. The quantitative estimate of drug-likeness (QED) is 0.338. The molecule has 1 aliphatic rings. The zero-order chi connectivity index (χ0) is 23.9. The van der Waals surface area contributed by atoms with Crippen molar-refractivity contribution in [3.05, 3.63) is 53.3 Å². The van der Waals surface area contributed by atoms with Crippen molar-refractivity contribution in [1.29, 1.82) is 0 Å². The molecule has 0 unspecified atom stereocenters. The third kappa shape index (κ3) is 6.17. The minimum Gasteiger partial charge on any atom is -0.378 e. The number of anilines is 2. The number of ether oxygens (including phenoxy) is 1. The Bertz CT molecular complexity index is 1140. The maximum Gasteiger partial charge on any atom is 0.344 e. The molecule has 0 radical (unpaired) electrons. The zero-order valence-corrected chi connectivity index (χ0v) is 19.7. The summed E-state index contributed by atoms with van der Waals surface area (Å²) in [6, 6.07) is 7.15. The average molecular weight is 482 g/mol. The van der Waals surface area contributed by atoms with Gasteiger partial charge in [-0.05, 0) is 17.2 Å². The van der Waals surface area contributed by atoms with E-state index in [-0.39, 0.29) is 5.96 Å². The van der Waals surface area contributed by atoms with Gasteiger partial charge in [0.15, 0.2) is 11.1 Å². The first-order valence-electron chi connectivity index (χ1n) is 10.7. The highest BCUT2D eigenvalue weighted by Crippen LogP contribution is 2.24. The molecule has 0 aliphatic carbocycles. The van der Waals surface area contributed by atoms with Crippen LogP contribution in [0.3, 0.4) is 0 Å². The predicted octanol–water partition coefficient (Wildman–Crippen LogP) is 1.56. The van der Waals surface area contributed by atoms with E-state index >= 15 is 0 Å². The summed E-state index contributed by atoms with van der Waals surface area (Å²) < 4.78 is 5.41. The number of carbonyl (C=O) groups excluding carboxylic acids is 1. The van der Waals surface area contributed by atoms with Gasteiger partial charge in [0.1, 0.15) is 0 Å². The second kappa shape index (κ2) is 10.9. The van der Waals surface area contributed by atoms with Crippen molar-refractivity contribution in [3.63, 3.8) is 0 Å². The van der Waals surface area contributed by atoms with E-state index < -0.39 is 6.03 Å². The van der Waals surface area contributed by atoms with Gasteiger partial charge in [0.2, 0.25) is 5.95 Å². The molecule has 0 saturated carbocycles. The summed E-state index contributed by atoms with van der Waals surface area (Å²) in [6.07, 6.45) is 3.58. The van der Waals surface area contributed by atoms with Gasteiger partial charge in [0.25, 0.3) is 0 Å². The number of guanidine groups is 1.